The van der Waals surface area contributed by atoms with Gasteiger partial charge in [0.1, 0.15) is 5.75 Å². The number of nitrogens with zero attached hydrogens (tertiary/aromatic N) is 1. The molecule has 0 aliphatic carbocycles. The van der Waals surface area contributed by atoms with Crippen molar-refractivity contribution in [3.63, 3.8) is 0 Å². The first-order chi connectivity index (χ1) is 17.8. The Hall–Kier alpha value is -3.35. The van der Waals surface area contributed by atoms with Crippen molar-refractivity contribution in [3.8, 4) is 5.75 Å². The van der Waals surface area contributed by atoms with Gasteiger partial charge in [0, 0.05) is 31.9 Å². The standard InChI is InChI=1S/C31H38N4O2/c1-19-4-6-23-9-11-35(18-24(23)12-19)17-22-5-7-29-27(15-22)30(8-10-33-29)34-31(37)28(32)16-26-20(2)13-25(36)14-21(26)3/h4-7,12-15,28,30,33,36H,8-11,16-18,32H2,1-3H3,(H,34,37)/t28-,30+/m0/s1. The highest BCUT2D eigenvalue weighted by molar-refractivity contribution is 5.82. The number of anilines is 1. The molecule has 5 N–H and O–H groups in total. The topological polar surface area (TPSA) is 90.6 Å². The zero-order valence-electron chi connectivity index (χ0n) is 22.1. The molecule has 6 nitrogen and oxygen atoms in total. The van der Waals surface area contributed by atoms with Gasteiger partial charge in [-0.15, -0.1) is 0 Å². The first-order valence-corrected chi connectivity index (χ1v) is 13.3. The van der Waals surface area contributed by atoms with Gasteiger partial charge in [-0.3, -0.25) is 9.69 Å². The fourth-order valence-electron chi connectivity index (χ4n) is 5.84. The number of carbonyl (C=O) groups excluding carboxylic acids is 1. The van der Waals surface area contributed by atoms with Crippen LogP contribution in [0.1, 0.15) is 57.0 Å². The first kappa shape index (κ1) is 25.3. The second kappa shape index (κ2) is 10.6. The summed E-state index contributed by atoms with van der Waals surface area (Å²) >= 11 is 0. The van der Waals surface area contributed by atoms with Crippen LogP contribution in [-0.4, -0.2) is 35.0 Å². The number of fused-ring (bicyclic) bond motifs is 2. The Morgan fingerprint density at radius 2 is 1.89 bits per heavy atom. The molecule has 1 amide bonds. The SMILES string of the molecule is Cc1ccc2c(c1)CN(Cc1ccc3c(c1)[C@H](NC(=O)[C@@H](N)Cc1c(C)cc(O)cc1C)CCN3)CC2. The van der Waals surface area contributed by atoms with Crippen LogP contribution in [0.2, 0.25) is 0 Å². The van der Waals surface area contributed by atoms with E-state index in [0.717, 1.165) is 67.0 Å². The van der Waals surface area contributed by atoms with Crippen LogP contribution in [0.5, 0.6) is 5.75 Å². The van der Waals surface area contributed by atoms with E-state index in [1.165, 1.54) is 22.3 Å². The van der Waals surface area contributed by atoms with E-state index in [2.05, 4.69) is 58.9 Å². The number of hydrogen-bond acceptors (Lipinski definition) is 5. The number of aryl methyl sites for hydroxylation is 3. The van der Waals surface area contributed by atoms with Gasteiger partial charge in [-0.2, -0.15) is 0 Å². The van der Waals surface area contributed by atoms with E-state index in [1.54, 1.807) is 12.1 Å². The van der Waals surface area contributed by atoms with Gasteiger partial charge in [0.05, 0.1) is 12.1 Å². The summed E-state index contributed by atoms with van der Waals surface area (Å²) in [5.41, 5.74) is 17.0. The Bertz CT molecular complexity index is 1300. The minimum Gasteiger partial charge on any atom is -0.508 e. The zero-order valence-corrected chi connectivity index (χ0v) is 22.1. The number of phenolic OH excluding ortho intramolecular Hbond substituents is 1. The molecule has 3 aromatic rings. The van der Waals surface area contributed by atoms with Gasteiger partial charge in [0.25, 0.3) is 0 Å². The summed E-state index contributed by atoms with van der Waals surface area (Å²) in [6.07, 6.45) is 2.35. The number of rotatable bonds is 6. The summed E-state index contributed by atoms with van der Waals surface area (Å²) in [6, 6.07) is 16.1. The molecular formula is C31H38N4O2. The highest BCUT2D eigenvalue weighted by atomic mass is 16.3. The number of nitrogens with one attached hydrogen (secondary N) is 2. The Morgan fingerprint density at radius 3 is 2.68 bits per heavy atom. The summed E-state index contributed by atoms with van der Waals surface area (Å²) in [4.78, 5) is 15.7. The van der Waals surface area contributed by atoms with E-state index >= 15 is 0 Å². The van der Waals surface area contributed by atoms with Crippen molar-refractivity contribution in [1.29, 1.82) is 0 Å². The molecule has 0 spiro atoms. The molecule has 0 radical (unpaired) electrons. The smallest absolute Gasteiger partial charge is 0.237 e. The minimum absolute atomic E-state index is 0.0681. The molecule has 3 aromatic carbocycles. The lowest BCUT2D eigenvalue weighted by Crippen LogP contribution is -2.44. The molecule has 5 rings (SSSR count). The number of phenols is 1. The Balaban J connectivity index is 1.27. The Kier molecular flexibility index (Phi) is 7.22. The lowest BCUT2D eigenvalue weighted by atomic mass is 9.93. The van der Waals surface area contributed by atoms with Crippen molar-refractivity contribution < 1.29 is 9.90 Å². The molecule has 0 saturated carbocycles. The molecule has 0 saturated heterocycles. The molecule has 0 fully saturated rings. The highest BCUT2D eigenvalue weighted by Gasteiger charge is 2.26. The minimum atomic E-state index is -0.652. The Labute approximate surface area is 219 Å². The molecule has 2 atom stereocenters. The van der Waals surface area contributed by atoms with Crippen LogP contribution >= 0.6 is 0 Å². The first-order valence-electron chi connectivity index (χ1n) is 13.3. The molecule has 6 heteroatoms. The third-order valence-electron chi connectivity index (χ3n) is 7.86. The number of hydrogen-bond donors (Lipinski definition) is 4. The van der Waals surface area contributed by atoms with Crippen molar-refractivity contribution in [1.82, 2.24) is 10.2 Å². The number of carbonyl (C=O) groups is 1. The quantitative estimate of drug-likeness (QED) is 0.404. The van der Waals surface area contributed by atoms with Crippen LogP contribution in [0.3, 0.4) is 0 Å². The maximum absolute atomic E-state index is 13.1. The summed E-state index contributed by atoms with van der Waals surface area (Å²) in [5, 5.41) is 16.5. The average Bonchev–Trinajstić information content (AvgIpc) is 2.86. The average molecular weight is 499 g/mol. The fourth-order valence-corrected chi connectivity index (χ4v) is 5.84. The number of amides is 1. The van der Waals surface area contributed by atoms with Crippen LogP contribution < -0.4 is 16.4 Å². The third kappa shape index (κ3) is 5.65. The van der Waals surface area contributed by atoms with E-state index in [0.29, 0.717) is 6.42 Å². The van der Waals surface area contributed by atoms with Gasteiger partial charge in [-0.1, -0.05) is 35.9 Å². The number of benzene rings is 3. The largest absolute Gasteiger partial charge is 0.508 e. The van der Waals surface area contributed by atoms with Crippen LogP contribution in [0.15, 0.2) is 48.5 Å². The van der Waals surface area contributed by atoms with Gasteiger partial charge in [0.2, 0.25) is 5.91 Å². The molecule has 194 valence electrons. The van der Waals surface area contributed by atoms with Crippen LogP contribution in [0, 0.1) is 20.8 Å². The maximum Gasteiger partial charge on any atom is 0.237 e. The fraction of sp³-hybridized carbons (Fsp3) is 0.387. The van der Waals surface area contributed by atoms with Crippen molar-refractivity contribution in [2.75, 3.05) is 18.4 Å². The van der Waals surface area contributed by atoms with Gasteiger partial charge in [0.15, 0.2) is 0 Å². The number of nitrogens with two attached hydrogens (primary N) is 1. The molecule has 0 bridgehead atoms. The predicted octanol–water partition coefficient (Wildman–Crippen LogP) is 4.42. The predicted molar refractivity (Wildman–Crippen MR) is 149 cm³/mol. The zero-order chi connectivity index (χ0) is 26.1. The van der Waals surface area contributed by atoms with Crippen molar-refractivity contribution in [2.45, 2.75) is 65.2 Å². The van der Waals surface area contributed by atoms with Crippen LogP contribution in [0.4, 0.5) is 5.69 Å². The molecule has 0 aromatic heterocycles. The third-order valence-corrected chi connectivity index (χ3v) is 7.86. The van der Waals surface area contributed by atoms with E-state index in [9.17, 15) is 9.90 Å². The summed E-state index contributed by atoms with van der Waals surface area (Å²) in [7, 11) is 0. The maximum atomic E-state index is 13.1. The molecule has 2 aliphatic rings. The summed E-state index contributed by atoms with van der Waals surface area (Å²) in [5.74, 6) is 0.0981. The second-order valence-electron chi connectivity index (χ2n) is 10.8. The van der Waals surface area contributed by atoms with Crippen molar-refractivity contribution >= 4 is 11.6 Å². The van der Waals surface area contributed by atoms with Gasteiger partial charge in [-0.05, 0) is 97.2 Å². The van der Waals surface area contributed by atoms with E-state index in [-0.39, 0.29) is 17.7 Å². The lowest BCUT2D eigenvalue weighted by molar-refractivity contribution is -0.123. The van der Waals surface area contributed by atoms with Crippen LogP contribution in [-0.2, 0) is 30.7 Å². The van der Waals surface area contributed by atoms with Crippen molar-refractivity contribution in [2.24, 2.45) is 5.73 Å². The normalized spacial score (nSPS) is 17.9. The molecule has 2 aliphatic heterocycles. The van der Waals surface area contributed by atoms with E-state index in [4.69, 9.17) is 5.73 Å². The monoisotopic (exact) mass is 498 g/mol. The number of aromatic hydroxyl groups is 1. The van der Waals surface area contributed by atoms with E-state index in [1.807, 2.05) is 13.8 Å². The van der Waals surface area contributed by atoms with Crippen LogP contribution in [0.25, 0.3) is 0 Å². The molecule has 0 unspecified atom stereocenters. The second-order valence-corrected chi connectivity index (χ2v) is 10.8. The van der Waals surface area contributed by atoms with E-state index < -0.39 is 6.04 Å². The van der Waals surface area contributed by atoms with Gasteiger partial charge in [-0.25, -0.2) is 0 Å². The lowest BCUT2D eigenvalue weighted by Gasteiger charge is -2.31. The summed E-state index contributed by atoms with van der Waals surface area (Å²) < 4.78 is 0. The summed E-state index contributed by atoms with van der Waals surface area (Å²) in [6.45, 7) is 9.76. The molecular weight excluding hydrogens is 460 g/mol. The molecule has 37 heavy (non-hydrogen) atoms. The van der Waals surface area contributed by atoms with Gasteiger partial charge < -0.3 is 21.5 Å². The van der Waals surface area contributed by atoms with Gasteiger partial charge >= 0.3 is 0 Å². The van der Waals surface area contributed by atoms with Crippen molar-refractivity contribution in [3.05, 3.63) is 93.0 Å². The highest BCUT2D eigenvalue weighted by Crippen LogP contribution is 2.32. The molecule has 2 heterocycles. The Morgan fingerprint density at radius 1 is 1.11 bits per heavy atom.